The Balaban J connectivity index is 3.30. The van der Waals surface area contributed by atoms with Gasteiger partial charge in [0.15, 0.2) is 0 Å². The van der Waals surface area contributed by atoms with E-state index in [0.29, 0.717) is 11.3 Å². The topological polar surface area (TPSA) is 76.7 Å². The van der Waals surface area contributed by atoms with Crippen molar-refractivity contribution in [3.63, 3.8) is 0 Å². The highest BCUT2D eigenvalue weighted by Gasteiger charge is 2.28. The monoisotopic (exact) mass is 240 g/mol. The number of rotatable bonds is 5. The molecule has 0 spiro atoms. The maximum absolute atomic E-state index is 10.3. The summed E-state index contributed by atoms with van der Waals surface area (Å²) in [5, 5.41) is 10.3. The number of methoxy groups -OCH3 is 2. The molecule has 0 heterocycles. The Morgan fingerprint density at radius 2 is 2.00 bits per heavy atom. The summed E-state index contributed by atoms with van der Waals surface area (Å²) >= 11 is 0. The SMILES string of the molecule is COc1ccc(C(C)(O)CNN)c(OC)c1C. The van der Waals surface area contributed by atoms with Crippen LogP contribution in [-0.2, 0) is 5.60 Å². The zero-order valence-corrected chi connectivity index (χ0v) is 10.7. The largest absolute Gasteiger partial charge is 0.496 e. The number of nitrogens with one attached hydrogen (secondary N) is 1. The maximum atomic E-state index is 10.3. The molecule has 0 fully saturated rings. The number of nitrogens with two attached hydrogens (primary N) is 1. The smallest absolute Gasteiger partial charge is 0.131 e. The molecular weight excluding hydrogens is 220 g/mol. The lowest BCUT2D eigenvalue weighted by Gasteiger charge is -2.26. The minimum absolute atomic E-state index is 0.231. The van der Waals surface area contributed by atoms with E-state index in [0.717, 1.165) is 11.3 Å². The van der Waals surface area contributed by atoms with Gasteiger partial charge in [0.25, 0.3) is 0 Å². The molecule has 5 nitrogen and oxygen atoms in total. The molecule has 0 radical (unpaired) electrons. The van der Waals surface area contributed by atoms with E-state index in [1.54, 1.807) is 33.3 Å². The predicted molar refractivity (Wildman–Crippen MR) is 66.0 cm³/mol. The summed E-state index contributed by atoms with van der Waals surface area (Å²) in [5.74, 6) is 6.60. The normalized spacial score (nSPS) is 14.2. The lowest BCUT2D eigenvalue weighted by Crippen LogP contribution is -2.39. The molecule has 1 atom stereocenters. The van der Waals surface area contributed by atoms with Crippen LogP contribution in [0.25, 0.3) is 0 Å². The highest BCUT2D eigenvalue weighted by Crippen LogP contribution is 2.36. The molecule has 1 aromatic rings. The van der Waals surface area contributed by atoms with E-state index in [4.69, 9.17) is 15.3 Å². The van der Waals surface area contributed by atoms with E-state index in [-0.39, 0.29) is 6.54 Å². The van der Waals surface area contributed by atoms with Crippen LogP contribution in [0, 0.1) is 6.92 Å². The van der Waals surface area contributed by atoms with Crippen LogP contribution >= 0.6 is 0 Å². The number of ether oxygens (including phenoxy) is 2. The fourth-order valence-electron chi connectivity index (χ4n) is 1.88. The second kappa shape index (κ2) is 5.35. The van der Waals surface area contributed by atoms with Gasteiger partial charge >= 0.3 is 0 Å². The molecule has 0 bridgehead atoms. The van der Waals surface area contributed by atoms with Crippen molar-refractivity contribution in [2.75, 3.05) is 20.8 Å². The van der Waals surface area contributed by atoms with Crippen LogP contribution in [-0.4, -0.2) is 25.9 Å². The van der Waals surface area contributed by atoms with Gasteiger partial charge in [-0.3, -0.25) is 11.3 Å². The first-order valence-corrected chi connectivity index (χ1v) is 5.35. The van der Waals surface area contributed by atoms with Gasteiger partial charge in [-0.05, 0) is 26.0 Å². The quantitative estimate of drug-likeness (QED) is 0.521. The Kier molecular flexibility index (Phi) is 4.34. The van der Waals surface area contributed by atoms with E-state index >= 15 is 0 Å². The van der Waals surface area contributed by atoms with Crippen molar-refractivity contribution < 1.29 is 14.6 Å². The van der Waals surface area contributed by atoms with Crippen molar-refractivity contribution >= 4 is 0 Å². The van der Waals surface area contributed by atoms with Crippen LogP contribution in [0.3, 0.4) is 0 Å². The first-order chi connectivity index (χ1) is 7.97. The summed E-state index contributed by atoms with van der Waals surface area (Å²) < 4.78 is 10.6. The van der Waals surface area contributed by atoms with Crippen LogP contribution in [0.15, 0.2) is 12.1 Å². The molecule has 1 unspecified atom stereocenters. The van der Waals surface area contributed by atoms with E-state index in [1.165, 1.54) is 0 Å². The average molecular weight is 240 g/mol. The summed E-state index contributed by atoms with van der Waals surface area (Å²) in [6.45, 7) is 3.79. The third-order valence-electron chi connectivity index (χ3n) is 2.81. The van der Waals surface area contributed by atoms with Crippen molar-refractivity contribution in [3.05, 3.63) is 23.3 Å². The molecule has 1 aromatic carbocycles. The van der Waals surface area contributed by atoms with E-state index in [1.807, 2.05) is 6.92 Å². The van der Waals surface area contributed by atoms with Gasteiger partial charge in [-0.1, -0.05) is 0 Å². The number of hydrogen-bond acceptors (Lipinski definition) is 5. The third-order valence-corrected chi connectivity index (χ3v) is 2.81. The van der Waals surface area contributed by atoms with Crippen LogP contribution in [0.4, 0.5) is 0 Å². The first kappa shape index (κ1) is 13.8. The Morgan fingerprint density at radius 3 is 2.47 bits per heavy atom. The summed E-state index contributed by atoms with van der Waals surface area (Å²) in [7, 11) is 3.16. The van der Waals surface area contributed by atoms with Crippen LogP contribution in [0.5, 0.6) is 11.5 Å². The van der Waals surface area contributed by atoms with Gasteiger partial charge in [-0.15, -0.1) is 0 Å². The number of hydrogen-bond donors (Lipinski definition) is 3. The molecular formula is C12H20N2O3. The fourth-order valence-corrected chi connectivity index (χ4v) is 1.88. The van der Waals surface area contributed by atoms with Crippen molar-refractivity contribution in [1.82, 2.24) is 5.43 Å². The van der Waals surface area contributed by atoms with Gasteiger partial charge in [0, 0.05) is 17.7 Å². The summed E-state index contributed by atoms with van der Waals surface area (Å²) in [6, 6.07) is 3.58. The zero-order valence-electron chi connectivity index (χ0n) is 10.7. The van der Waals surface area contributed by atoms with Gasteiger partial charge < -0.3 is 14.6 Å². The molecule has 5 heteroatoms. The van der Waals surface area contributed by atoms with Crippen molar-refractivity contribution in [3.8, 4) is 11.5 Å². The molecule has 0 aliphatic heterocycles. The highest BCUT2D eigenvalue weighted by molar-refractivity contribution is 5.51. The molecule has 0 aromatic heterocycles. The third kappa shape index (κ3) is 2.69. The fraction of sp³-hybridized carbons (Fsp3) is 0.500. The maximum Gasteiger partial charge on any atom is 0.131 e. The Morgan fingerprint density at radius 1 is 1.35 bits per heavy atom. The lowest BCUT2D eigenvalue weighted by atomic mass is 9.93. The summed E-state index contributed by atoms with van der Waals surface area (Å²) in [6.07, 6.45) is 0. The Hall–Kier alpha value is -1.30. The van der Waals surface area contributed by atoms with Crippen molar-refractivity contribution in [1.29, 1.82) is 0 Å². The second-order valence-corrected chi connectivity index (χ2v) is 4.13. The summed E-state index contributed by atoms with van der Waals surface area (Å²) in [4.78, 5) is 0. The molecule has 0 aliphatic carbocycles. The van der Waals surface area contributed by atoms with Crippen molar-refractivity contribution in [2.45, 2.75) is 19.4 Å². The molecule has 0 saturated carbocycles. The van der Waals surface area contributed by atoms with Gasteiger partial charge in [0.05, 0.1) is 14.2 Å². The number of benzene rings is 1. The molecule has 1 rings (SSSR count). The van der Waals surface area contributed by atoms with Gasteiger partial charge in [-0.25, -0.2) is 0 Å². The van der Waals surface area contributed by atoms with E-state index in [9.17, 15) is 5.11 Å². The molecule has 4 N–H and O–H groups in total. The van der Waals surface area contributed by atoms with Gasteiger partial charge in [0.1, 0.15) is 17.1 Å². The Labute approximate surface area is 102 Å². The van der Waals surface area contributed by atoms with E-state index < -0.39 is 5.60 Å². The molecule has 0 aliphatic rings. The number of hydrazine groups is 1. The summed E-state index contributed by atoms with van der Waals surface area (Å²) in [5.41, 5.74) is 2.90. The van der Waals surface area contributed by atoms with Crippen LogP contribution in [0.1, 0.15) is 18.1 Å². The van der Waals surface area contributed by atoms with Gasteiger partial charge in [-0.2, -0.15) is 0 Å². The van der Waals surface area contributed by atoms with Crippen LogP contribution in [0.2, 0.25) is 0 Å². The standard InChI is InChI=1S/C12H20N2O3/c1-8-10(16-3)6-5-9(11(8)17-4)12(2,15)7-14-13/h5-6,14-15H,7,13H2,1-4H3. The second-order valence-electron chi connectivity index (χ2n) is 4.13. The minimum Gasteiger partial charge on any atom is -0.496 e. The molecule has 0 amide bonds. The van der Waals surface area contributed by atoms with Crippen molar-refractivity contribution in [2.24, 2.45) is 5.84 Å². The molecule has 0 saturated heterocycles. The van der Waals surface area contributed by atoms with Crippen LogP contribution < -0.4 is 20.7 Å². The number of aliphatic hydroxyl groups is 1. The Bertz CT molecular complexity index is 392. The zero-order chi connectivity index (χ0) is 13.1. The lowest BCUT2D eigenvalue weighted by molar-refractivity contribution is 0.0544. The molecule has 17 heavy (non-hydrogen) atoms. The van der Waals surface area contributed by atoms with E-state index in [2.05, 4.69) is 5.43 Å². The average Bonchev–Trinajstić information content (AvgIpc) is 2.28. The first-order valence-electron chi connectivity index (χ1n) is 5.35. The highest BCUT2D eigenvalue weighted by atomic mass is 16.5. The minimum atomic E-state index is -1.10. The molecule has 96 valence electrons. The van der Waals surface area contributed by atoms with Gasteiger partial charge in [0.2, 0.25) is 0 Å². The predicted octanol–water partition coefficient (Wildman–Crippen LogP) is 0.683.